The first kappa shape index (κ1) is 16.1. The molecule has 4 rings (SSSR count). The number of hydrogen-bond donors (Lipinski definition) is 0. The molecule has 0 saturated heterocycles. The van der Waals surface area contributed by atoms with Gasteiger partial charge in [0.15, 0.2) is 17.2 Å². The highest BCUT2D eigenvalue weighted by Crippen LogP contribution is 2.29. The van der Waals surface area contributed by atoms with Crippen LogP contribution in [-0.2, 0) is 6.54 Å². The minimum absolute atomic E-state index is 0.445. The van der Waals surface area contributed by atoms with Crippen LogP contribution in [0.15, 0.2) is 34.9 Å². The summed E-state index contributed by atoms with van der Waals surface area (Å²) in [5.41, 5.74) is 3.18. The van der Waals surface area contributed by atoms with Gasteiger partial charge in [0.25, 0.3) is 5.95 Å². The van der Waals surface area contributed by atoms with E-state index in [0.717, 1.165) is 29.3 Å². The van der Waals surface area contributed by atoms with Gasteiger partial charge in [-0.1, -0.05) is 0 Å². The number of rotatable bonds is 4. The summed E-state index contributed by atoms with van der Waals surface area (Å²) in [4.78, 5) is 8.45. The molecule has 0 aliphatic heterocycles. The molecule has 0 atom stereocenters. The van der Waals surface area contributed by atoms with Gasteiger partial charge in [0, 0.05) is 24.5 Å². The van der Waals surface area contributed by atoms with Gasteiger partial charge in [-0.3, -0.25) is 0 Å². The molecule has 0 spiro atoms. The van der Waals surface area contributed by atoms with E-state index in [1.54, 1.807) is 33.9 Å². The Balaban J connectivity index is 1.82. The molecule has 0 unspecified atom stereocenters. The SMILES string of the molecule is CCn1nc(C)n2nc(C)c(/N=N/c3c(C)cnn3-c3ncccn3)c12. The van der Waals surface area contributed by atoms with E-state index in [2.05, 4.69) is 35.5 Å². The smallest absolute Gasteiger partial charge is 0.244 e. The van der Waals surface area contributed by atoms with Gasteiger partial charge in [0.05, 0.1) is 11.9 Å². The second-order valence-electron chi connectivity index (χ2n) is 5.84. The van der Waals surface area contributed by atoms with E-state index >= 15 is 0 Å². The van der Waals surface area contributed by atoms with Crippen LogP contribution in [0.1, 0.15) is 24.0 Å². The molecular weight excluding hydrogens is 332 g/mol. The average Bonchev–Trinajstić information content (AvgIpc) is 3.28. The number of aromatic nitrogens is 8. The predicted molar refractivity (Wildman–Crippen MR) is 94.2 cm³/mol. The Bertz CT molecular complexity index is 1100. The summed E-state index contributed by atoms with van der Waals surface area (Å²) < 4.78 is 5.23. The fraction of sp³-hybridized carbons (Fsp3) is 0.312. The highest BCUT2D eigenvalue weighted by Gasteiger charge is 2.17. The Morgan fingerprint density at radius 2 is 1.81 bits per heavy atom. The van der Waals surface area contributed by atoms with Gasteiger partial charge in [-0.15, -0.1) is 10.2 Å². The van der Waals surface area contributed by atoms with E-state index in [4.69, 9.17) is 0 Å². The van der Waals surface area contributed by atoms with E-state index in [1.165, 1.54) is 0 Å². The highest BCUT2D eigenvalue weighted by atomic mass is 15.5. The van der Waals surface area contributed by atoms with Gasteiger partial charge < -0.3 is 0 Å². The lowest BCUT2D eigenvalue weighted by atomic mass is 10.4. The molecule has 0 aliphatic carbocycles. The van der Waals surface area contributed by atoms with E-state index < -0.39 is 0 Å². The molecule has 4 heterocycles. The number of hydrogen-bond acceptors (Lipinski definition) is 7. The van der Waals surface area contributed by atoms with Crippen LogP contribution in [0, 0.1) is 20.8 Å². The van der Waals surface area contributed by atoms with E-state index in [0.29, 0.717) is 17.5 Å². The van der Waals surface area contributed by atoms with Crippen LogP contribution in [0.5, 0.6) is 0 Å². The van der Waals surface area contributed by atoms with Crippen LogP contribution in [0.3, 0.4) is 0 Å². The lowest BCUT2D eigenvalue weighted by molar-refractivity contribution is 0.676. The molecule has 0 amide bonds. The molecule has 0 aromatic carbocycles. The molecule has 26 heavy (non-hydrogen) atoms. The lowest BCUT2D eigenvalue weighted by Crippen LogP contribution is -2.01. The molecule has 4 aromatic rings. The van der Waals surface area contributed by atoms with Crippen LogP contribution >= 0.6 is 0 Å². The summed E-state index contributed by atoms with van der Waals surface area (Å²) in [6, 6.07) is 1.75. The maximum atomic E-state index is 4.52. The van der Waals surface area contributed by atoms with Gasteiger partial charge in [-0.2, -0.15) is 24.5 Å². The van der Waals surface area contributed by atoms with Crippen LogP contribution in [0.2, 0.25) is 0 Å². The van der Waals surface area contributed by atoms with Crippen LogP contribution in [-0.4, -0.2) is 39.1 Å². The molecule has 132 valence electrons. The zero-order chi connectivity index (χ0) is 18.3. The van der Waals surface area contributed by atoms with E-state index in [-0.39, 0.29) is 0 Å². The average molecular weight is 350 g/mol. The summed E-state index contributed by atoms with van der Waals surface area (Å²) in [6.07, 6.45) is 5.04. The summed E-state index contributed by atoms with van der Waals surface area (Å²) in [5, 5.41) is 22.2. The fourth-order valence-corrected chi connectivity index (χ4v) is 2.76. The molecule has 4 aromatic heterocycles. The van der Waals surface area contributed by atoms with Gasteiger partial charge in [0.2, 0.25) is 0 Å². The molecular formula is C16H18N10. The van der Waals surface area contributed by atoms with Gasteiger partial charge in [-0.05, 0) is 33.8 Å². The third kappa shape index (κ3) is 2.46. The van der Waals surface area contributed by atoms with Crippen LogP contribution < -0.4 is 0 Å². The van der Waals surface area contributed by atoms with Crippen molar-refractivity contribution < 1.29 is 0 Å². The van der Waals surface area contributed by atoms with Crippen molar-refractivity contribution in [3.05, 3.63) is 41.7 Å². The highest BCUT2D eigenvalue weighted by molar-refractivity contribution is 5.67. The Hall–Kier alpha value is -3.43. The quantitative estimate of drug-likeness (QED) is 0.526. The van der Waals surface area contributed by atoms with Crippen molar-refractivity contribution in [3.63, 3.8) is 0 Å². The van der Waals surface area contributed by atoms with E-state index in [1.807, 2.05) is 32.4 Å². The maximum Gasteiger partial charge on any atom is 0.252 e. The van der Waals surface area contributed by atoms with Gasteiger partial charge in [-0.25, -0.2) is 14.6 Å². The van der Waals surface area contributed by atoms with Gasteiger partial charge in [0.1, 0.15) is 5.82 Å². The second kappa shape index (κ2) is 6.14. The van der Waals surface area contributed by atoms with Crippen LogP contribution in [0.25, 0.3) is 11.6 Å². The third-order valence-electron chi connectivity index (χ3n) is 4.03. The molecule has 0 aliphatic rings. The summed E-state index contributed by atoms with van der Waals surface area (Å²) in [7, 11) is 0. The molecule has 0 N–H and O–H groups in total. The Kier molecular flexibility index (Phi) is 3.79. The molecule has 0 saturated carbocycles. The van der Waals surface area contributed by atoms with Crippen molar-refractivity contribution >= 4 is 17.2 Å². The first-order chi connectivity index (χ1) is 12.6. The van der Waals surface area contributed by atoms with Crippen molar-refractivity contribution in [2.45, 2.75) is 34.2 Å². The number of fused-ring (bicyclic) bond motifs is 1. The molecule has 0 fully saturated rings. The summed E-state index contributed by atoms with van der Waals surface area (Å²) >= 11 is 0. The number of azo groups is 1. The summed E-state index contributed by atoms with van der Waals surface area (Å²) in [5.74, 6) is 1.83. The van der Waals surface area contributed by atoms with Crippen LogP contribution in [0.4, 0.5) is 11.5 Å². The Labute approximate surface area is 149 Å². The number of nitrogens with zero attached hydrogens (tertiary/aromatic N) is 10. The van der Waals surface area contributed by atoms with Crippen molar-refractivity contribution in [1.82, 2.24) is 39.1 Å². The lowest BCUT2D eigenvalue weighted by Gasteiger charge is -2.01. The standard InChI is InChI=1S/C16H18N10/c1-5-24-15-13(11(3)22-25(15)12(4)23-24)20-21-14-10(2)9-19-26(14)16-17-7-6-8-18-16/h6-9H,5H2,1-4H3/b21-20+. The Morgan fingerprint density at radius 1 is 1.04 bits per heavy atom. The largest absolute Gasteiger partial charge is 0.252 e. The number of aryl methyl sites for hydroxylation is 4. The normalized spacial score (nSPS) is 11.8. The zero-order valence-electron chi connectivity index (χ0n) is 15.0. The first-order valence-electron chi connectivity index (χ1n) is 8.26. The van der Waals surface area contributed by atoms with E-state index in [9.17, 15) is 0 Å². The molecule has 10 heteroatoms. The minimum atomic E-state index is 0.445. The molecule has 0 bridgehead atoms. The minimum Gasteiger partial charge on any atom is -0.244 e. The van der Waals surface area contributed by atoms with Crippen molar-refractivity contribution in [1.29, 1.82) is 0 Å². The first-order valence-corrected chi connectivity index (χ1v) is 8.26. The molecule has 0 radical (unpaired) electrons. The topological polar surface area (TPSA) is 103 Å². The maximum absolute atomic E-state index is 4.52. The predicted octanol–water partition coefficient (Wildman–Crippen LogP) is 2.87. The fourth-order valence-electron chi connectivity index (χ4n) is 2.76. The third-order valence-corrected chi connectivity index (χ3v) is 4.03. The molecule has 10 nitrogen and oxygen atoms in total. The van der Waals surface area contributed by atoms with Crippen molar-refractivity contribution in [3.8, 4) is 5.95 Å². The second-order valence-corrected chi connectivity index (χ2v) is 5.84. The monoisotopic (exact) mass is 350 g/mol. The summed E-state index contributed by atoms with van der Waals surface area (Å²) in [6.45, 7) is 8.49. The van der Waals surface area contributed by atoms with Gasteiger partial charge >= 0.3 is 0 Å². The Morgan fingerprint density at radius 3 is 2.54 bits per heavy atom. The zero-order valence-corrected chi connectivity index (χ0v) is 15.0. The van der Waals surface area contributed by atoms with Crippen molar-refractivity contribution in [2.75, 3.05) is 0 Å². The van der Waals surface area contributed by atoms with Crippen molar-refractivity contribution in [2.24, 2.45) is 10.2 Å².